The lowest BCUT2D eigenvalue weighted by atomic mass is 10.0. The predicted molar refractivity (Wildman–Crippen MR) is 119 cm³/mol. The first-order valence-corrected chi connectivity index (χ1v) is 12.4. The quantitative estimate of drug-likeness (QED) is 0.633. The van der Waals surface area contributed by atoms with E-state index in [4.69, 9.17) is 0 Å². The number of hydrogen-bond donors (Lipinski definition) is 1. The van der Waals surface area contributed by atoms with Gasteiger partial charge in [0.15, 0.2) is 0 Å². The minimum atomic E-state index is -3.83. The molecule has 1 aromatic carbocycles. The van der Waals surface area contributed by atoms with E-state index in [1.807, 2.05) is 38.1 Å². The van der Waals surface area contributed by atoms with Crippen LogP contribution in [0, 0.1) is 25.2 Å². The molecule has 0 atom stereocenters. The zero-order valence-electron chi connectivity index (χ0n) is 16.4. The first-order chi connectivity index (χ1) is 14.3. The van der Waals surface area contributed by atoms with Crippen LogP contribution in [0.2, 0.25) is 0 Å². The zero-order chi connectivity index (χ0) is 21.5. The SMILES string of the molecule is Cc1sc(NC(=O)c2sccc2S(=O)(=O)N2CCc3ccccc3C2)c(C#N)c1C. The highest BCUT2D eigenvalue weighted by molar-refractivity contribution is 7.89. The third-order valence-corrected chi connectivity index (χ3v) is 9.33. The molecule has 3 heterocycles. The third-order valence-electron chi connectivity index (χ3n) is 5.27. The Bertz CT molecular complexity index is 1280. The van der Waals surface area contributed by atoms with Gasteiger partial charge in [-0.3, -0.25) is 4.79 Å². The van der Waals surface area contributed by atoms with Crippen molar-refractivity contribution in [2.75, 3.05) is 11.9 Å². The van der Waals surface area contributed by atoms with Crippen LogP contribution in [0.3, 0.4) is 0 Å². The maximum Gasteiger partial charge on any atom is 0.267 e. The summed E-state index contributed by atoms with van der Waals surface area (Å²) in [6.45, 7) is 4.37. The summed E-state index contributed by atoms with van der Waals surface area (Å²) in [5.41, 5.74) is 3.37. The summed E-state index contributed by atoms with van der Waals surface area (Å²) in [5.74, 6) is -0.515. The van der Waals surface area contributed by atoms with Gasteiger partial charge in [0.05, 0.1) is 5.56 Å². The van der Waals surface area contributed by atoms with Crippen LogP contribution in [0.15, 0.2) is 40.6 Å². The Labute approximate surface area is 183 Å². The van der Waals surface area contributed by atoms with E-state index in [0.29, 0.717) is 23.5 Å². The van der Waals surface area contributed by atoms with Crippen molar-refractivity contribution in [3.63, 3.8) is 0 Å². The van der Waals surface area contributed by atoms with E-state index in [0.717, 1.165) is 32.9 Å². The van der Waals surface area contributed by atoms with Crippen molar-refractivity contribution >= 4 is 43.6 Å². The molecule has 6 nitrogen and oxygen atoms in total. The number of thiophene rings is 2. The number of amides is 1. The van der Waals surface area contributed by atoms with Gasteiger partial charge in [0.1, 0.15) is 20.8 Å². The van der Waals surface area contributed by atoms with Gasteiger partial charge in [-0.05, 0) is 48.4 Å². The summed E-state index contributed by atoms with van der Waals surface area (Å²) in [6, 6.07) is 11.4. The highest BCUT2D eigenvalue weighted by Gasteiger charge is 2.32. The minimum Gasteiger partial charge on any atom is -0.312 e. The summed E-state index contributed by atoms with van der Waals surface area (Å²) in [5, 5.41) is 14.2. The number of sulfonamides is 1. The van der Waals surface area contributed by atoms with E-state index in [-0.39, 0.29) is 16.3 Å². The number of nitrogens with zero attached hydrogens (tertiary/aromatic N) is 2. The van der Waals surface area contributed by atoms with E-state index >= 15 is 0 Å². The molecule has 0 aliphatic carbocycles. The standard InChI is InChI=1S/C21H19N3O3S3/c1-13-14(2)29-21(17(13)11-22)23-20(25)19-18(8-10-28-19)30(26,27)24-9-7-15-5-3-4-6-16(15)12-24/h3-6,8,10H,7,9,12H2,1-2H3,(H,23,25). The Balaban J connectivity index is 1.62. The number of carbonyl (C=O) groups is 1. The Hall–Kier alpha value is -2.51. The van der Waals surface area contributed by atoms with Gasteiger partial charge in [-0.15, -0.1) is 22.7 Å². The van der Waals surface area contributed by atoms with Crippen LogP contribution < -0.4 is 5.32 Å². The number of rotatable bonds is 4. The molecule has 1 aliphatic heterocycles. The molecule has 9 heteroatoms. The van der Waals surface area contributed by atoms with Crippen molar-refractivity contribution < 1.29 is 13.2 Å². The lowest BCUT2D eigenvalue weighted by Gasteiger charge is -2.28. The summed E-state index contributed by atoms with van der Waals surface area (Å²) in [7, 11) is -3.83. The summed E-state index contributed by atoms with van der Waals surface area (Å²) < 4.78 is 28.1. The number of carbonyl (C=O) groups excluding carboxylic acids is 1. The smallest absolute Gasteiger partial charge is 0.267 e. The van der Waals surface area contributed by atoms with Crippen LogP contribution >= 0.6 is 22.7 Å². The zero-order valence-corrected chi connectivity index (χ0v) is 18.9. The Morgan fingerprint density at radius 2 is 1.93 bits per heavy atom. The van der Waals surface area contributed by atoms with E-state index in [1.165, 1.54) is 21.7 Å². The van der Waals surface area contributed by atoms with Crippen molar-refractivity contribution in [3.8, 4) is 6.07 Å². The van der Waals surface area contributed by atoms with Crippen LogP contribution in [0.5, 0.6) is 0 Å². The first kappa shape index (κ1) is 20.8. The molecule has 1 amide bonds. The number of fused-ring (bicyclic) bond motifs is 1. The fraction of sp³-hybridized carbons (Fsp3) is 0.238. The number of benzene rings is 1. The first-order valence-electron chi connectivity index (χ1n) is 9.28. The van der Waals surface area contributed by atoms with Gasteiger partial charge in [0.25, 0.3) is 5.91 Å². The second-order valence-corrected chi connectivity index (χ2v) is 11.1. The maximum atomic E-state index is 13.3. The van der Waals surface area contributed by atoms with Crippen molar-refractivity contribution in [2.24, 2.45) is 0 Å². The number of aryl methyl sites for hydroxylation is 1. The second kappa shape index (κ2) is 7.96. The molecule has 2 aromatic heterocycles. The molecule has 4 rings (SSSR count). The average molecular weight is 458 g/mol. The summed E-state index contributed by atoms with van der Waals surface area (Å²) in [6.07, 6.45) is 0.639. The minimum absolute atomic E-state index is 0.00730. The number of hydrogen-bond acceptors (Lipinski definition) is 6. The predicted octanol–water partition coefficient (Wildman–Crippen LogP) is 4.30. The Kier molecular flexibility index (Phi) is 5.51. The fourth-order valence-electron chi connectivity index (χ4n) is 3.49. The van der Waals surface area contributed by atoms with Gasteiger partial charge in [-0.25, -0.2) is 8.42 Å². The number of nitriles is 1. The van der Waals surface area contributed by atoms with Crippen LogP contribution in [0.25, 0.3) is 0 Å². The number of nitrogens with one attached hydrogen (secondary N) is 1. The molecule has 0 saturated heterocycles. The molecule has 0 saturated carbocycles. The third kappa shape index (κ3) is 3.56. The maximum absolute atomic E-state index is 13.3. The monoisotopic (exact) mass is 457 g/mol. The number of anilines is 1. The molecule has 0 fully saturated rings. The molecular weight excluding hydrogens is 438 g/mol. The van der Waals surface area contributed by atoms with Crippen molar-refractivity contribution in [3.05, 3.63) is 67.7 Å². The largest absolute Gasteiger partial charge is 0.312 e. The molecule has 0 bridgehead atoms. The van der Waals surface area contributed by atoms with E-state index in [1.54, 1.807) is 5.38 Å². The average Bonchev–Trinajstić information content (AvgIpc) is 3.33. The fourth-order valence-corrected chi connectivity index (χ4v) is 7.21. The van der Waals surface area contributed by atoms with Crippen molar-refractivity contribution in [2.45, 2.75) is 31.7 Å². The van der Waals surface area contributed by atoms with Crippen LogP contribution in [0.4, 0.5) is 5.00 Å². The van der Waals surface area contributed by atoms with E-state index in [2.05, 4.69) is 11.4 Å². The molecule has 0 radical (unpaired) electrons. The highest BCUT2D eigenvalue weighted by atomic mass is 32.2. The molecule has 3 aromatic rings. The summed E-state index contributed by atoms with van der Waals surface area (Å²) in [4.78, 5) is 14.0. The van der Waals surface area contributed by atoms with Crippen LogP contribution in [-0.4, -0.2) is 25.2 Å². The topological polar surface area (TPSA) is 90.3 Å². The molecule has 1 aliphatic rings. The van der Waals surface area contributed by atoms with Gasteiger partial charge in [0, 0.05) is 18.0 Å². The van der Waals surface area contributed by atoms with Crippen LogP contribution in [0.1, 0.15) is 36.8 Å². The Morgan fingerprint density at radius 1 is 1.20 bits per heavy atom. The normalized spacial score (nSPS) is 14.2. The molecule has 0 unspecified atom stereocenters. The van der Waals surface area contributed by atoms with Gasteiger partial charge >= 0.3 is 0 Å². The van der Waals surface area contributed by atoms with Gasteiger partial charge in [-0.2, -0.15) is 9.57 Å². The second-order valence-electron chi connectivity index (χ2n) is 7.02. The lowest BCUT2D eigenvalue weighted by molar-refractivity contribution is 0.102. The van der Waals surface area contributed by atoms with Gasteiger partial charge < -0.3 is 5.32 Å². The molecule has 154 valence electrons. The Morgan fingerprint density at radius 3 is 2.67 bits per heavy atom. The van der Waals surface area contributed by atoms with Crippen molar-refractivity contribution in [1.29, 1.82) is 5.26 Å². The van der Waals surface area contributed by atoms with E-state index in [9.17, 15) is 18.5 Å². The van der Waals surface area contributed by atoms with Crippen LogP contribution in [-0.2, 0) is 23.0 Å². The van der Waals surface area contributed by atoms with Crippen molar-refractivity contribution in [1.82, 2.24) is 4.31 Å². The van der Waals surface area contributed by atoms with E-state index < -0.39 is 15.9 Å². The molecular formula is C21H19N3O3S3. The molecule has 30 heavy (non-hydrogen) atoms. The molecule has 0 spiro atoms. The van der Waals surface area contributed by atoms with Gasteiger partial charge in [-0.1, -0.05) is 24.3 Å². The summed E-state index contributed by atoms with van der Waals surface area (Å²) >= 11 is 2.40. The highest BCUT2D eigenvalue weighted by Crippen LogP contribution is 2.34. The molecule has 1 N–H and O–H groups in total. The van der Waals surface area contributed by atoms with Gasteiger partial charge in [0.2, 0.25) is 10.0 Å². The lowest BCUT2D eigenvalue weighted by Crippen LogP contribution is -2.36.